The first kappa shape index (κ1) is 14.6. The molecule has 0 aliphatic carbocycles. The van der Waals surface area contributed by atoms with E-state index in [2.05, 4.69) is 31.7 Å². The molecule has 0 saturated carbocycles. The van der Waals surface area contributed by atoms with Gasteiger partial charge in [0.15, 0.2) is 0 Å². The van der Waals surface area contributed by atoms with Crippen LogP contribution in [-0.4, -0.2) is 21.7 Å². The molecule has 1 heterocycles. The van der Waals surface area contributed by atoms with Crippen LogP contribution >= 0.6 is 15.9 Å². The highest BCUT2D eigenvalue weighted by atomic mass is 79.9. The van der Waals surface area contributed by atoms with Gasteiger partial charge in [0, 0.05) is 35.9 Å². The van der Waals surface area contributed by atoms with E-state index in [1.807, 2.05) is 44.4 Å². The number of rotatable bonds is 5. The maximum absolute atomic E-state index is 11.9. The summed E-state index contributed by atoms with van der Waals surface area (Å²) in [7, 11) is 1.86. The van der Waals surface area contributed by atoms with E-state index in [1.165, 1.54) is 0 Å². The molecular weight excluding hydrogens is 320 g/mol. The van der Waals surface area contributed by atoms with Crippen molar-refractivity contribution in [3.8, 4) is 0 Å². The van der Waals surface area contributed by atoms with Crippen molar-refractivity contribution in [3.63, 3.8) is 0 Å². The van der Waals surface area contributed by atoms with Crippen LogP contribution in [0.5, 0.6) is 0 Å². The van der Waals surface area contributed by atoms with Gasteiger partial charge in [-0.25, -0.2) is 0 Å². The first-order chi connectivity index (χ1) is 9.52. The first-order valence-electron chi connectivity index (χ1n) is 6.33. The first-order valence-corrected chi connectivity index (χ1v) is 7.13. The number of benzene rings is 1. The van der Waals surface area contributed by atoms with Crippen LogP contribution in [0.3, 0.4) is 0 Å². The molecule has 2 aromatic rings. The zero-order chi connectivity index (χ0) is 14.5. The lowest BCUT2D eigenvalue weighted by Crippen LogP contribution is -2.23. The molecule has 0 saturated heterocycles. The van der Waals surface area contributed by atoms with E-state index in [0.717, 1.165) is 15.8 Å². The summed E-state index contributed by atoms with van der Waals surface area (Å²) < 4.78 is 2.71. The van der Waals surface area contributed by atoms with Crippen LogP contribution in [0.15, 0.2) is 41.1 Å². The number of hydrogen-bond donors (Lipinski definition) is 2. The SMILES string of the molecule is C[C@H](CC(=O)Nc1ccc(Br)cc1)Nc1cnn(C)c1. The van der Waals surface area contributed by atoms with Gasteiger partial charge in [-0.15, -0.1) is 0 Å². The largest absolute Gasteiger partial charge is 0.380 e. The van der Waals surface area contributed by atoms with Gasteiger partial charge in [0.1, 0.15) is 0 Å². The molecule has 1 aromatic heterocycles. The summed E-state index contributed by atoms with van der Waals surface area (Å²) in [5.74, 6) is -0.0174. The number of aromatic nitrogens is 2. The van der Waals surface area contributed by atoms with Gasteiger partial charge >= 0.3 is 0 Å². The Labute approximate surface area is 126 Å². The zero-order valence-electron chi connectivity index (χ0n) is 11.4. The Hall–Kier alpha value is -1.82. The lowest BCUT2D eigenvalue weighted by atomic mass is 10.2. The minimum atomic E-state index is -0.0174. The second kappa shape index (κ2) is 6.56. The highest BCUT2D eigenvalue weighted by molar-refractivity contribution is 9.10. The number of hydrogen-bond acceptors (Lipinski definition) is 3. The number of nitrogens with one attached hydrogen (secondary N) is 2. The predicted molar refractivity (Wildman–Crippen MR) is 83.7 cm³/mol. The standard InChI is InChI=1S/C14H17BrN4O/c1-10(17-13-8-16-19(2)9-13)7-14(20)18-12-5-3-11(15)4-6-12/h3-6,8-10,17H,7H2,1-2H3,(H,18,20)/t10-/m1/s1. The van der Waals surface area contributed by atoms with Crippen LogP contribution < -0.4 is 10.6 Å². The van der Waals surface area contributed by atoms with Crippen molar-refractivity contribution < 1.29 is 4.79 Å². The Morgan fingerprint density at radius 2 is 2.05 bits per heavy atom. The highest BCUT2D eigenvalue weighted by Gasteiger charge is 2.10. The highest BCUT2D eigenvalue weighted by Crippen LogP contribution is 2.15. The van der Waals surface area contributed by atoms with Gasteiger partial charge in [0.25, 0.3) is 0 Å². The maximum atomic E-state index is 11.9. The third-order valence-electron chi connectivity index (χ3n) is 2.74. The van der Waals surface area contributed by atoms with Gasteiger partial charge in [-0.1, -0.05) is 15.9 Å². The zero-order valence-corrected chi connectivity index (χ0v) is 13.0. The molecule has 5 nitrogen and oxygen atoms in total. The molecule has 6 heteroatoms. The van der Waals surface area contributed by atoms with Gasteiger partial charge in [-0.05, 0) is 31.2 Å². The molecule has 2 N–H and O–H groups in total. The third-order valence-corrected chi connectivity index (χ3v) is 3.27. The van der Waals surface area contributed by atoms with Crippen LogP contribution in [0.4, 0.5) is 11.4 Å². The Bertz CT molecular complexity index is 579. The number of amides is 1. The Balaban J connectivity index is 1.83. The second-order valence-electron chi connectivity index (χ2n) is 4.71. The summed E-state index contributed by atoms with van der Waals surface area (Å²) >= 11 is 3.36. The normalized spacial score (nSPS) is 11.9. The maximum Gasteiger partial charge on any atom is 0.226 e. The number of aryl methyl sites for hydroxylation is 1. The van der Waals surface area contributed by atoms with Gasteiger partial charge < -0.3 is 10.6 Å². The fourth-order valence-electron chi connectivity index (χ4n) is 1.85. The molecule has 0 aliphatic rings. The molecule has 1 aromatic carbocycles. The number of halogens is 1. The third kappa shape index (κ3) is 4.38. The van der Waals surface area contributed by atoms with Crippen LogP contribution in [0, 0.1) is 0 Å². The van der Waals surface area contributed by atoms with Crippen molar-refractivity contribution in [1.29, 1.82) is 0 Å². The van der Waals surface area contributed by atoms with E-state index in [9.17, 15) is 4.79 Å². The molecule has 0 bridgehead atoms. The lowest BCUT2D eigenvalue weighted by molar-refractivity contribution is -0.116. The number of nitrogens with zero attached hydrogens (tertiary/aromatic N) is 2. The van der Waals surface area contributed by atoms with Gasteiger partial charge in [-0.3, -0.25) is 9.48 Å². The van der Waals surface area contributed by atoms with Crippen molar-refractivity contribution in [2.45, 2.75) is 19.4 Å². The van der Waals surface area contributed by atoms with Crippen molar-refractivity contribution in [2.75, 3.05) is 10.6 Å². The van der Waals surface area contributed by atoms with Crippen LogP contribution in [-0.2, 0) is 11.8 Å². The molecule has 2 rings (SSSR count). The number of carbonyl (C=O) groups is 1. The van der Waals surface area contributed by atoms with Gasteiger partial charge in [0.2, 0.25) is 5.91 Å². The van der Waals surface area contributed by atoms with Crippen molar-refractivity contribution >= 4 is 33.2 Å². The van der Waals surface area contributed by atoms with E-state index in [1.54, 1.807) is 10.9 Å². The Morgan fingerprint density at radius 1 is 1.35 bits per heavy atom. The van der Waals surface area contributed by atoms with Crippen molar-refractivity contribution in [1.82, 2.24) is 9.78 Å². The van der Waals surface area contributed by atoms with E-state index in [0.29, 0.717) is 6.42 Å². The van der Waals surface area contributed by atoms with Crippen LogP contribution in [0.25, 0.3) is 0 Å². The van der Waals surface area contributed by atoms with Gasteiger partial charge in [-0.2, -0.15) is 5.10 Å². The molecule has 20 heavy (non-hydrogen) atoms. The number of anilines is 2. The monoisotopic (exact) mass is 336 g/mol. The second-order valence-corrected chi connectivity index (χ2v) is 5.62. The van der Waals surface area contributed by atoms with E-state index in [4.69, 9.17) is 0 Å². The summed E-state index contributed by atoms with van der Waals surface area (Å²) in [6, 6.07) is 7.55. The summed E-state index contributed by atoms with van der Waals surface area (Å²) in [6.07, 6.45) is 4.01. The number of carbonyl (C=O) groups excluding carboxylic acids is 1. The molecular formula is C14H17BrN4O. The fraction of sp³-hybridized carbons (Fsp3) is 0.286. The summed E-state index contributed by atoms with van der Waals surface area (Å²) in [6.45, 7) is 1.97. The molecule has 1 atom stereocenters. The van der Waals surface area contributed by atoms with E-state index in [-0.39, 0.29) is 11.9 Å². The molecule has 0 fully saturated rings. The average Bonchev–Trinajstić information content (AvgIpc) is 2.77. The predicted octanol–water partition coefficient (Wildman–Crippen LogP) is 3.01. The van der Waals surface area contributed by atoms with Crippen LogP contribution in [0.1, 0.15) is 13.3 Å². The lowest BCUT2D eigenvalue weighted by Gasteiger charge is -2.13. The Kier molecular flexibility index (Phi) is 4.79. The summed E-state index contributed by atoms with van der Waals surface area (Å²) in [4.78, 5) is 11.9. The summed E-state index contributed by atoms with van der Waals surface area (Å²) in [5.41, 5.74) is 1.71. The van der Waals surface area contributed by atoms with Crippen LogP contribution in [0.2, 0.25) is 0 Å². The van der Waals surface area contributed by atoms with Crippen molar-refractivity contribution in [2.24, 2.45) is 7.05 Å². The minimum absolute atomic E-state index is 0.0174. The van der Waals surface area contributed by atoms with E-state index < -0.39 is 0 Å². The molecule has 1 amide bonds. The summed E-state index contributed by atoms with van der Waals surface area (Å²) in [5, 5.41) is 10.2. The van der Waals surface area contributed by atoms with Gasteiger partial charge in [0.05, 0.1) is 11.9 Å². The topological polar surface area (TPSA) is 59.0 Å². The fourth-order valence-corrected chi connectivity index (χ4v) is 2.12. The van der Waals surface area contributed by atoms with E-state index >= 15 is 0 Å². The smallest absolute Gasteiger partial charge is 0.226 e. The molecule has 0 aliphatic heterocycles. The Morgan fingerprint density at radius 3 is 2.65 bits per heavy atom. The van der Waals surface area contributed by atoms with Crippen molar-refractivity contribution in [3.05, 3.63) is 41.1 Å². The average molecular weight is 337 g/mol. The molecule has 0 radical (unpaired) electrons. The minimum Gasteiger partial charge on any atom is -0.380 e. The molecule has 0 unspecified atom stereocenters. The molecule has 106 valence electrons. The molecule has 0 spiro atoms. The quantitative estimate of drug-likeness (QED) is 0.882.